The van der Waals surface area contributed by atoms with Gasteiger partial charge in [-0.25, -0.2) is 0 Å². The first-order valence-electron chi connectivity index (χ1n) is 21.1. The molecule has 13 rings (SSSR count). The fourth-order valence-corrected chi connectivity index (χ4v) is 11.4. The summed E-state index contributed by atoms with van der Waals surface area (Å²) in [6, 6.07) is 77.3. The van der Waals surface area contributed by atoms with E-state index in [-0.39, 0.29) is 5.41 Å². The predicted molar refractivity (Wildman–Crippen MR) is 249 cm³/mol. The Hall–Kier alpha value is -7.42. The average molecular weight is 765 g/mol. The quantitative estimate of drug-likeness (QED) is 0.173. The maximum atomic E-state index is 2.52. The van der Waals surface area contributed by atoms with Crippen LogP contribution in [-0.4, -0.2) is 4.57 Å². The van der Waals surface area contributed by atoms with E-state index in [1.807, 2.05) is 0 Å². The Balaban J connectivity index is 1.09. The number of fused-ring (bicyclic) bond motifs is 15. The zero-order chi connectivity index (χ0) is 39.7. The molecule has 2 nitrogen and oxygen atoms in total. The van der Waals surface area contributed by atoms with Crippen molar-refractivity contribution in [3.63, 3.8) is 0 Å². The molecule has 3 aliphatic rings. The maximum absolute atomic E-state index is 2.52. The molecule has 0 bridgehead atoms. The van der Waals surface area contributed by atoms with Crippen LogP contribution in [0.5, 0.6) is 0 Å². The van der Waals surface area contributed by atoms with Gasteiger partial charge in [-0.05, 0) is 115 Å². The Bertz CT molecular complexity index is 3400. The number of benzene rings is 9. The van der Waals surface area contributed by atoms with Crippen molar-refractivity contribution in [2.75, 3.05) is 4.90 Å². The minimum atomic E-state index is -0.535. The van der Waals surface area contributed by atoms with Crippen LogP contribution in [0.2, 0.25) is 0 Å². The Kier molecular flexibility index (Phi) is 6.74. The third-order valence-corrected chi connectivity index (χ3v) is 14.0. The lowest BCUT2D eigenvalue weighted by atomic mass is 9.65. The van der Waals surface area contributed by atoms with Crippen molar-refractivity contribution in [3.8, 4) is 39.1 Å². The fraction of sp³-hybridized carbons (Fsp3) is 0.0690. The van der Waals surface area contributed by atoms with E-state index in [9.17, 15) is 0 Å². The molecule has 60 heavy (non-hydrogen) atoms. The van der Waals surface area contributed by atoms with Crippen LogP contribution >= 0.6 is 0 Å². The van der Waals surface area contributed by atoms with Gasteiger partial charge in [0.2, 0.25) is 0 Å². The highest BCUT2D eigenvalue weighted by Crippen LogP contribution is 2.62. The molecule has 1 spiro atoms. The second-order valence-electron chi connectivity index (χ2n) is 17.2. The Morgan fingerprint density at radius 1 is 0.367 bits per heavy atom. The van der Waals surface area contributed by atoms with Crippen LogP contribution < -0.4 is 4.90 Å². The maximum Gasteiger partial charge on any atom is 0.0755 e. The summed E-state index contributed by atoms with van der Waals surface area (Å²) in [4.78, 5) is 2.48. The standard InChI is InChI=1S/C58H40N2/c1-57(2)48-21-9-6-17-42(48)44-33-31-40(35-52(44)57)59(39-29-27-38(28-30-39)37-15-4-3-5-16-37)41-32-34-45-43-18-7-10-22-49(43)58(53(45)36-41)50-23-11-13-26-55(50)60-54-25-12-8-19-46(54)47-20-14-24-51(58)56(47)60/h3-36H,1-2H3. The van der Waals surface area contributed by atoms with Crippen LogP contribution in [-0.2, 0) is 10.8 Å². The summed E-state index contributed by atoms with van der Waals surface area (Å²) in [7, 11) is 0. The number of hydrogen-bond donors (Lipinski definition) is 0. The number of hydrogen-bond acceptors (Lipinski definition) is 1. The van der Waals surface area contributed by atoms with Crippen LogP contribution in [0.4, 0.5) is 17.1 Å². The monoisotopic (exact) mass is 764 g/mol. The van der Waals surface area contributed by atoms with Crippen molar-refractivity contribution < 1.29 is 0 Å². The molecule has 1 aliphatic heterocycles. The van der Waals surface area contributed by atoms with E-state index in [0.29, 0.717) is 0 Å². The van der Waals surface area contributed by atoms with Gasteiger partial charge in [0.25, 0.3) is 0 Å². The summed E-state index contributed by atoms with van der Waals surface area (Å²) in [6.07, 6.45) is 0. The van der Waals surface area contributed by atoms with E-state index < -0.39 is 5.41 Å². The van der Waals surface area contributed by atoms with E-state index in [4.69, 9.17) is 0 Å². The minimum absolute atomic E-state index is 0.128. The third-order valence-electron chi connectivity index (χ3n) is 14.0. The lowest BCUT2D eigenvalue weighted by Gasteiger charge is -2.40. The number of para-hydroxylation sites is 3. The Morgan fingerprint density at radius 2 is 0.900 bits per heavy atom. The van der Waals surface area contributed by atoms with Gasteiger partial charge in [-0.15, -0.1) is 0 Å². The van der Waals surface area contributed by atoms with Crippen LogP contribution in [0.25, 0.3) is 60.9 Å². The van der Waals surface area contributed by atoms with Gasteiger partial charge < -0.3 is 9.47 Å². The van der Waals surface area contributed by atoms with Crippen molar-refractivity contribution in [1.82, 2.24) is 4.57 Å². The third kappa shape index (κ3) is 4.27. The molecule has 0 radical (unpaired) electrons. The molecular weight excluding hydrogens is 725 g/mol. The molecule has 2 heterocycles. The second-order valence-corrected chi connectivity index (χ2v) is 17.2. The summed E-state index contributed by atoms with van der Waals surface area (Å²) in [5, 5.41) is 2.58. The van der Waals surface area contributed by atoms with Crippen molar-refractivity contribution in [1.29, 1.82) is 0 Å². The highest BCUT2D eigenvalue weighted by molar-refractivity contribution is 6.13. The van der Waals surface area contributed by atoms with Gasteiger partial charge in [-0.2, -0.15) is 0 Å². The molecule has 1 atom stereocenters. The van der Waals surface area contributed by atoms with E-state index >= 15 is 0 Å². The second kappa shape index (κ2) is 12.1. The van der Waals surface area contributed by atoms with Gasteiger partial charge in [0.05, 0.1) is 22.1 Å². The molecule has 0 fully saturated rings. The van der Waals surface area contributed by atoms with Crippen LogP contribution in [0.3, 0.4) is 0 Å². The summed E-state index contributed by atoms with van der Waals surface area (Å²) in [5.41, 5.74) is 22.2. The van der Waals surface area contributed by atoms with Crippen molar-refractivity contribution >= 4 is 38.9 Å². The summed E-state index contributed by atoms with van der Waals surface area (Å²) < 4.78 is 2.52. The molecule has 2 heteroatoms. The lowest BCUT2D eigenvalue weighted by molar-refractivity contribution is 0.660. The fourth-order valence-electron chi connectivity index (χ4n) is 11.4. The smallest absolute Gasteiger partial charge is 0.0755 e. The van der Waals surface area contributed by atoms with Gasteiger partial charge in [0.1, 0.15) is 0 Å². The topological polar surface area (TPSA) is 8.17 Å². The SMILES string of the molecule is CC1(C)c2ccccc2-c2ccc(N(c3ccc(-c4ccccc4)cc3)c3ccc4c(c3)C3(c5ccccc5-4)c4ccccc4-n4c5ccccc5c5cccc3c54)cc21. The molecule has 2 aliphatic carbocycles. The van der Waals surface area contributed by atoms with Gasteiger partial charge in [0, 0.05) is 33.2 Å². The van der Waals surface area contributed by atoms with Gasteiger partial charge >= 0.3 is 0 Å². The van der Waals surface area contributed by atoms with E-state index in [0.717, 1.165) is 17.1 Å². The normalized spacial score (nSPS) is 16.0. The minimum Gasteiger partial charge on any atom is -0.310 e. The first kappa shape index (κ1) is 33.5. The number of nitrogens with zero attached hydrogens (tertiary/aromatic N) is 2. The molecule has 0 saturated heterocycles. The van der Waals surface area contributed by atoms with Crippen LogP contribution in [0.15, 0.2) is 206 Å². The molecular formula is C58H40N2. The first-order chi connectivity index (χ1) is 29.5. The number of aromatic nitrogens is 1. The van der Waals surface area contributed by atoms with Crippen molar-refractivity contribution in [2.24, 2.45) is 0 Å². The van der Waals surface area contributed by atoms with Crippen molar-refractivity contribution in [2.45, 2.75) is 24.7 Å². The first-order valence-corrected chi connectivity index (χ1v) is 21.1. The average Bonchev–Trinajstić information content (AvgIpc) is 3.88. The van der Waals surface area contributed by atoms with Crippen molar-refractivity contribution in [3.05, 3.63) is 240 Å². The largest absolute Gasteiger partial charge is 0.310 e. The Morgan fingerprint density at radius 3 is 1.68 bits per heavy atom. The highest BCUT2D eigenvalue weighted by Gasteiger charge is 2.51. The molecule has 0 N–H and O–H groups in total. The molecule has 282 valence electrons. The van der Waals surface area contributed by atoms with Gasteiger partial charge in [0.15, 0.2) is 0 Å². The number of anilines is 3. The lowest BCUT2D eigenvalue weighted by Crippen LogP contribution is -2.33. The van der Waals surface area contributed by atoms with Crippen LogP contribution in [0, 0.1) is 0 Å². The molecule has 0 saturated carbocycles. The highest BCUT2D eigenvalue weighted by atomic mass is 15.1. The summed E-state index contributed by atoms with van der Waals surface area (Å²) in [6.45, 7) is 4.74. The predicted octanol–water partition coefficient (Wildman–Crippen LogP) is 14.9. The van der Waals surface area contributed by atoms with Crippen LogP contribution in [0.1, 0.15) is 47.2 Å². The van der Waals surface area contributed by atoms with Gasteiger partial charge in [-0.3, -0.25) is 0 Å². The molecule has 10 aromatic rings. The van der Waals surface area contributed by atoms with E-state index in [1.54, 1.807) is 0 Å². The molecule has 1 aromatic heterocycles. The van der Waals surface area contributed by atoms with Gasteiger partial charge in [-0.1, -0.05) is 172 Å². The number of rotatable bonds is 4. The van der Waals surface area contributed by atoms with E-state index in [2.05, 4.69) is 230 Å². The Labute approximate surface area is 350 Å². The molecule has 1 unspecified atom stereocenters. The molecule has 9 aromatic carbocycles. The summed E-state index contributed by atoms with van der Waals surface area (Å²) in [5.74, 6) is 0. The molecule has 0 amide bonds. The van der Waals surface area contributed by atoms with E-state index in [1.165, 1.54) is 94.3 Å². The zero-order valence-electron chi connectivity index (χ0n) is 33.5. The zero-order valence-corrected chi connectivity index (χ0v) is 33.5. The summed E-state index contributed by atoms with van der Waals surface area (Å²) >= 11 is 0.